The van der Waals surface area contributed by atoms with Crippen molar-refractivity contribution >= 4 is 50.1 Å². The van der Waals surface area contributed by atoms with E-state index in [2.05, 4.69) is 65.4 Å². The number of hydrogen-bond acceptors (Lipinski definition) is 4. The van der Waals surface area contributed by atoms with Crippen LogP contribution in [-0.4, -0.2) is 47.0 Å². The monoisotopic (exact) mass is 476 g/mol. The highest BCUT2D eigenvalue weighted by Crippen LogP contribution is 1.86. The van der Waals surface area contributed by atoms with Crippen LogP contribution in [0.4, 0.5) is 0 Å². The van der Waals surface area contributed by atoms with Crippen LogP contribution in [0.5, 0.6) is 0 Å². The van der Waals surface area contributed by atoms with E-state index in [-0.39, 0.29) is 0 Å². The lowest BCUT2D eigenvalue weighted by molar-refractivity contribution is 0.258. The van der Waals surface area contributed by atoms with Gasteiger partial charge in [-0.2, -0.15) is 0 Å². The second-order valence-electron chi connectivity index (χ2n) is 3.74. The molecule has 0 atom stereocenters. The van der Waals surface area contributed by atoms with Crippen LogP contribution in [0.25, 0.3) is 0 Å². The maximum atomic E-state index is 5.58. The third kappa shape index (κ3) is 14.5. The summed E-state index contributed by atoms with van der Waals surface area (Å²) in [4.78, 5) is 2.27. The van der Waals surface area contributed by atoms with E-state index in [0.717, 1.165) is 36.2 Å². The largest absolute Gasteiger partial charge is 0.390 e. The van der Waals surface area contributed by atoms with Crippen molar-refractivity contribution in [2.24, 2.45) is 0 Å². The van der Waals surface area contributed by atoms with Crippen LogP contribution >= 0.6 is 50.1 Å². The second kappa shape index (κ2) is 17.1. The molecule has 0 spiro atoms. The smallest absolute Gasteiger partial charge is 0.0688 e. The van der Waals surface area contributed by atoms with Crippen LogP contribution in [0.2, 0.25) is 0 Å². The van der Waals surface area contributed by atoms with Crippen molar-refractivity contribution in [3.8, 4) is 0 Å². The van der Waals surface area contributed by atoms with E-state index in [1.165, 1.54) is 0 Å². The Morgan fingerprint density at radius 1 is 1.00 bits per heavy atom. The molecule has 4 nitrogen and oxygen atoms in total. The van der Waals surface area contributed by atoms with Gasteiger partial charge in [-0.1, -0.05) is 56.7 Å². The van der Waals surface area contributed by atoms with Gasteiger partial charge >= 0.3 is 0 Å². The average Bonchev–Trinajstić information content (AvgIpc) is 2.47. The van der Waals surface area contributed by atoms with Gasteiger partial charge in [0.25, 0.3) is 0 Å². The topological polar surface area (TPSA) is 39.3 Å². The first-order valence-electron chi connectivity index (χ1n) is 6.40. The lowest BCUT2D eigenvalue weighted by Gasteiger charge is -2.22. The summed E-state index contributed by atoms with van der Waals surface area (Å²) in [6.07, 6.45) is 11.9. The number of allylic oxidation sites excluding steroid dienone is 3. The van der Waals surface area contributed by atoms with E-state index in [1.807, 2.05) is 30.8 Å². The molecule has 0 amide bonds. The van der Waals surface area contributed by atoms with E-state index in [4.69, 9.17) is 11.6 Å². The van der Waals surface area contributed by atoms with Crippen LogP contribution in [0.15, 0.2) is 36.8 Å². The van der Waals surface area contributed by atoms with Crippen molar-refractivity contribution in [2.75, 3.05) is 42.1 Å². The first-order chi connectivity index (χ1) is 9.85. The summed E-state index contributed by atoms with van der Waals surface area (Å²) in [6, 6.07) is 0. The van der Waals surface area contributed by atoms with Gasteiger partial charge in [0, 0.05) is 28.7 Å². The highest BCUT2D eigenvalue weighted by molar-refractivity contribution is 14.1. The van der Waals surface area contributed by atoms with E-state index < -0.39 is 0 Å². The molecular formula is C13H23BrClIN4. The zero-order chi connectivity index (χ0) is 14.9. The Morgan fingerprint density at radius 2 is 1.65 bits per heavy atom. The molecular weight excluding hydrogens is 454 g/mol. The van der Waals surface area contributed by atoms with Gasteiger partial charge in [0.2, 0.25) is 0 Å². The molecule has 0 aromatic heterocycles. The molecule has 116 valence electrons. The number of rotatable bonds is 13. The summed E-state index contributed by atoms with van der Waals surface area (Å²) in [7, 11) is 0. The normalized spacial score (nSPS) is 12.0. The lowest BCUT2D eigenvalue weighted by atomic mass is 10.5. The second-order valence-corrected chi connectivity index (χ2v) is 5.58. The zero-order valence-electron chi connectivity index (χ0n) is 11.5. The van der Waals surface area contributed by atoms with E-state index in [1.54, 1.807) is 0 Å². The predicted molar refractivity (Wildman–Crippen MR) is 102 cm³/mol. The fraction of sp³-hybridized carbons (Fsp3) is 0.538. The van der Waals surface area contributed by atoms with E-state index in [9.17, 15) is 0 Å². The molecule has 0 aromatic rings. The van der Waals surface area contributed by atoms with Gasteiger partial charge in [-0.15, -0.1) is 11.6 Å². The van der Waals surface area contributed by atoms with Gasteiger partial charge in [-0.25, -0.2) is 0 Å². The molecule has 0 saturated carbocycles. The molecule has 7 heteroatoms. The molecule has 0 aliphatic heterocycles. The summed E-state index contributed by atoms with van der Waals surface area (Å²) in [5.74, 6) is 0.530. The average molecular weight is 478 g/mol. The van der Waals surface area contributed by atoms with Crippen molar-refractivity contribution in [3.63, 3.8) is 0 Å². The molecule has 0 unspecified atom stereocenters. The van der Waals surface area contributed by atoms with Crippen LogP contribution in [0.1, 0.15) is 0 Å². The van der Waals surface area contributed by atoms with E-state index >= 15 is 0 Å². The fourth-order valence-electron chi connectivity index (χ4n) is 1.27. The van der Waals surface area contributed by atoms with Crippen molar-refractivity contribution in [1.82, 2.24) is 20.9 Å². The maximum Gasteiger partial charge on any atom is 0.0688 e. The summed E-state index contributed by atoms with van der Waals surface area (Å²) in [5, 5.41) is 10.6. The first kappa shape index (κ1) is 20.1. The standard InChI is InChI=1S/C13H23BrClIN4/c14-4-1-7-17-10-11-20(12-18-8-2-5-15)13-19-9-3-6-16/h1-3,7-9,17-19H,4-6,10-13H2. The van der Waals surface area contributed by atoms with Gasteiger partial charge in [-0.3, -0.25) is 4.90 Å². The number of nitrogens with one attached hydrogen (secondary N) is 3. The SMILES string of the molecule is ClCC=CNCN(CCNC=CCBr)CNC=CCI. The molecule has 0 saturated heterocycles. The van der Waals surface area contributed by atoms with Crippen molar-refractivity contribution in [1.29, 1.82) is 0 Å². The highest BCUT2D eigenvalue weighted by Gasteiger charge is 2.00. The Balaban J connectivity index is 3.93. The molecule has 0 fully saturated rings. The van der Waals surface area contributed by atoms with Crippen LogP contribution < -0.4 is 16.0 Å². The number of halogens is 3. The highest BCUT2D eigenvalue weighted by atomic mass is 127. The fourth-order valence-corrected chi connectivity index (χ4v) is 1.80. The van der Waals surface area contributed by atoms with Crippen molar-refractivity contribution < 1.29 is 0 Å². The van der Waals surface area contributed by atoms with Gasteiger partial charge in [0.1, 0.15) is 0 Å². The molecule has 0 rings (SSSR count). The molecule has 3 N–H and O–H groups in total. The Bertz CT molecular complexity index is 270. The van der Waals surface area contributed by atoms with E-state index in [0.29, 0.717) is 5.88 Å². The molecule has 0 aliphatic carbocycles. The van der Waals surface area contributed by atoms with Crippen molar-refractivity contribution in [2.45, 2.75) is 0 Å². The number of hydrogen-bond donors (Lipinski definition) is 3. The van der Waals surface area contributed by atoms with Crippen LogP contribution in [-0.2, 0) is 0 Å². The Kier molecular flexibility index (Phi) is 17.2. The van der Waals surface area contributed by atoms with Crippen LogP contribution in [0, 0.1) is 0 Å². The summed E-state index contributed by atoms with van der Waals surface area (Å²) in [5.41, 5.74) is 0. The molecule has 0 aliphatic rings. The Hall–Kier alpha value is 0.0800. The third-order valence-electron chi connectivity index (χ3n) is 2.18. The minimum atomic E-state index is 0.530. The van der Waals surface area contributed by atoms with Gasteiger partial charge < -0.3 is 16.0 Å². The third-order valence-corrected chi connectivity index (χ3v) is 3.24. The minimum Gasteiger partial charge on any atom is -0.390 e. The van der Waals surface area contributed by atoms with Gasteiger partial charge in [-0.05, 0) is 18.6 Å². The predicted octanol–water partition coefficient (Wildman–Crippen LogP) is 2.58. The number of nitrogens with zero attached hydrogens (tertiary/aromatic N) is 1. The molecule has 0 bridgehead atoms. The molecule has 20 heavy (non-hydrogen) atoms. The molecule has 0 aromatic carbocycles. The van der Waals surface area contributed by atoms with Crippen molar-refractivity contribution in [3.05, 3.63) is 36.8 Å². The lowest BCUT2D eigenvalue weighted by Crippen LogP contribution is -2.40. The van der Waals surface area contributed by atoms with Crippen LogP contribution in [0.3, 0.4) is 0 Å². The summed E-state index contributed by atoms with van der Waals surface area (Å²) in [6.45, 7) is 3.43. The Morgan fingerprint density at radius 3 is 2.25 bits per heavy atom. The van der Waals surface area contributed by atoms with Gasteiger partial charge in [0.15, 0.2) is 0 Å². The van der Waals surface area contributed by atoms with Gasteiger partial charge in [0.05, 0.1) is 13.3 Å². The zero-order valence-corrected chi connectivity index (χ0v) is 16.0. The quantitative estimate of drug-likeness (QED) is 0.165. The number of alkyl halides is 3. The minimum absolute atomic E-state index is 0.530. The maximum absolute atomic E-state index is 5.58. The molecule has 0 radical (unpaired) electrons. The first-order valence-corrected chi connectivity index (χ1v) is 9.58. The Labute approximate surface area is 149 Å². The summed E-state index contributed by atoms with van der Waals surface area (Å²) < 4.78 is 1.01. The summed E-state index contributed by atoms with van der Waals surface area (Å²) >= 11 is 11.2. The molecule has 0 heterocycles.